The summed E-state index contributed by atoms with van der Waals surface area (Å²) >= 11 is 0. The van der Waals surface area contributed by atoms with Crippen LogP contribution in [0.4, 0.5) is 29.6 Å². The normalized spacial score (nSPS) is 14.1. The van der Waals surface area contributed by atoms with Crippen molar-refractivity contribution in [2.45, 2.75) is 59.7 Å². The summed E-state index contributed by atoms with van der Waals surface area (Å²) in [7, 11) is 0. The fourth-order valence-corrected chi connectivity index (χ4v) is 4.72. The SMILES string of the molecule is CC1=C(C=C(c2nc(N)ncc2C#Cc2cccc(NC(=O)c3ccc(C(F)(F)F)cc3)c2)C(C)C)C(=O)N(C(=O)OC(C)(C)C)CC1. The Labute approximate surface area is 277 Å². The number of hydrogen-bond donors (Lipinski definition) is 2. The van der Waals surface area contributed by atoms with E-state index in [1.165, 1.54) is 6.20 Å². The standard InChI is InChI=1S/C36H36F3N5O4/c1-21(2)28(19-29-22(3)16-17-44(32(29)46)34(47)48-35(4,5)6)30-25(20-41-33(40)43-30)11-10-23-8-7-9-27(18-23)42-31(45)24-12-14-26(15-13-24)36(37,38)39/h7-9,12-15,18-21H,16-17H2,1-6H3,(H,42,45)(H2,40,41,43). The van der Waals surface area contributed by atoms with Crippen molar-refractivity contribution >= 4 is 35.1 Å². The number of nitrogens with zero attached hydrogens (tertiary/aromatic N) is 3. The minimum Gasteiger partial charge on any atom is -0.443 e. The molecule has 3 N–H and O–H groups in total. The van der Waals surface area contributed by atoms with Gasteiger partial charge in [0.25, 0.3) is 11.8 Å². The Kier molecular flexibility index (Phi) is 10.4. The minimum absolute atomic E-state index is 0.00568. The Morgan fingerprint density at radius 1 is 1.08 bits per heavy atom. The van der Waals surface area contributed by atoms with E-state index in [2.05, 4.69) is 27.1 Å². The Balaban J connectivity index is 1.63. The van der Waals surface area contributed by atoms with E-state index in [0.717, 1.165) is 34.7 Å². The first-order valence-electron chi connectivity index (χ1n) is 15.1. The van der Waals surface area contributed by atoms with Gasteiger partial charge in [0.1, 0.15) is 5.60 Å². The molecule has 0 spiro atoms. The van der Waals surface area contributed by atoms with Crippen LogP contribution in [0.25, 0.3) is 5.57 Å². The van der Waals surface area contributed by atoms with E-state index in [4.69, 9.17) is 10.5 Å². The molecule has 3 amide bonds. The van der Waals surface area contributed by atoms with Gasteiger partial charge in [-0.1, -0.05) is 37.3 Å². The number of rotatable bonds is 5. The lowest BCUT2D eigenvalue weighted by molar-refractivity contribution is -0.137. The molecule has 3 aromatic rings. The summed E-state index contributed by atoms with van der Waals surface area (Å²) in [5.41, 5.74) is 7.99. The lowest BCUT2D eigenvalue weighted by Gasteiger charge is -2.30. The van der Waals surface area contributed by atoms with Gasteiger partial charge in [0, 0.05) is 35.1 Å². The van der Waals surface area contributed by atoms with E-state index < -0.39 is 35.2 Å². The van der Waals surface area contributed by atoms with Crippen LogP contribution in [0.1, 0.15) is 80.7 Å². The molecule has 2 heterocycles. The Morgan fingerprint density at radius 2 is 1.77 bits per heavy atom. The summed E-state index contributed by atoms with van der Waals surface area (Å²) in [4.78, 5) is 48.7. The lowest BCUT2D eigenvalue weighted by Crippen LogP contribution is -2.44. The number of amides is 3. The van der Waals surface area contributed by atoms with Crippen LogP contribution >= 0.6 is 0 Å². The highest BCUT2D eigenvalue weighted by molar-refractivity contribution is 6.07. The van der Waals surface area contributed by atoms with Crippen LogP contribution in [0.15, 0.2) is 72.0 Å². The molecule has 0 bridgehead atoms. The second-order valence-corrected chi connectivity index (χ2v) is 12.5. The van der Waals surface area contributed by atoms with Gasteiger partial charge < -0.3 is 15.8 Å². The lowest BCUT2D eigenvalue weighted by atomic mass is 9.91. The molecule has 0 saturated heterocycles. The number of halogens is 3. The number of benzene rings is 2. The molecular weight excluding hydrogens is 623 g/mol. The van der Waals surface area contributed by atoms with Gasteiger partial charge in [0.05, 0.1) is 16.8 Å². The number of anilines is 2. The highest BCUT2D eigenvalue weighted by Gasteiger charge is 2.33. The van der Waals surface area contributed by atoms with Crippen molar-refractivity contribution in [3.63, 3.8) is 0 Å². The first kappa shape index (κ1) is 35.4. The summed E-state index contributed by atoms with van der Waals surface area (Å²) in [5.74, 6) is 4.90. The molecule has 0 fully saturated rings. The first-order chi connectivity index (χ1) is 22.4. The molecule has 250 valence electrons. The second-order valence-electron chi connectivity index (χ2n) is 12.5. The van der Waals surface area contributed by atoms with Crippen LogP contribution in [0, 0.1) is 17.8 Å². The van der Waals surface area contributed by atoms with Gasteiger partial charge in [0.15, 0.2) is 0 Å². The molecule has 1 aliphatic rings. The Bertz CT molecular complexity index is 1860. The predicted molar refractivity (Wildman–Crippen MR) is 176 cm³/mol. The molecule has 0 saturated carbocycles. The van der Waals surface area contributed by atoms with E-state index >= 15 is 0 Å². The zero-order chi connectivity index (χ0) is 35.4. The van der Waals surface area contributed by atoms with Crippen molar-refractivity contribution < 1.29 is 32.3 Å². The van der Waals surface area contributed by atoms with Crippen molar-refractivity contribution in [2.24, 2.45) is 5.92 Å². The molecule has 1 aromatic heterocycles. The quantitative estimate of drug-likeness (QED) is 0.276. The maximum Gasteiger partial charge on any atom is 0.417 e. The molecule has 0 aliphatic carbocycles. The zero-order valence-electron chi connectivity index (χ0n) is 27.5. The van der Waals surface area contributed by atoms with Crippen molar-refractivity contribution in [3.05, 3.63) is 99.9 Å². The van der Waals surface area contributed by atoms with E-state index in [9.17, 15) is 27.6 Å². The molecule has 9 nitrogen and oxygen atoms in total. The number of nitrogens with one attached hydrogen (secondary N) is 1. The van der Waals surface area contributed by atoms with E-state index in [1.807, 2.05) is 20.8 Å². The number of hydrogen-bond acceptors (Lipinski definition) is 7. The summed E-state index contributed by atoms with van der Waals surface area (Å²) in [6.07, 6.45) is -1.55. The second kappa shape index (κ2) is 14.1. The summed E-state index contributed by atoms with van der Waals surface area (Å²) < 4.78 is 44.1. The van der Waals surface area contributed by atoms with Crippen molar-refractivity contribution in [3.8, 4) is 11.8 Å². The third kappa shape index (κ3) is 8.88. The Morgan fingerprint density at radius 3 is 2.40 bits per heavy atom. The van der Waals surface area contributed by atoms with Crippen LogP contribution in [0.2, 0.25) is 0 Å². The minimum atomic E-state index is -4.50. The van der Waals surface area contributed by atoms with Gasteiger partial charge in [-0.05, 0) is 94.1 Å². The molecule has 0 radical (unpaired) electrons. The third-order valence-corrected chi connectivity index (χ3v) is 7.20. The van der Waals surface area contributed by atoms with Crippen molar-refractivity contribution in [2.75, 3.05) is 17.6 Å². The summed E-state index contributed by atoms with van der Waals surface area (Å²) in [5, 5.41) is 2.67. The van der Waals surface area contributed by atoms with Crippen LogP contribution in [0.3, 0.4) is 0 Å². The number of alkyl halides is 3. The largest absolute Gasteiger partial charge is 0.443 e. The zero-order valence-corrected chi connectivity index (χ0v) is 27.5. The van der Waals surface area contributed by atoms with Gasteiger partial charge in [-0.15, -0.1) is 0 Å². The molecule has 1 aliphatic heterocycles. The van der Waals surface area contributed by atoms with Gasteiger partial charge in [-0.25, -0.2) is 19.7 Å². The number of nitrogens with two attached hydrogens (primary N) is 1. The molecule has 48 heavy (non-hydrogen) atoms. The fraction of sp³-hybridized carbons (Fsp3) is 0.306. The molecule has 2 aromatic carbocycles. The van der Waals surface area contributed by atoms with E-state index in [1.54, 1.807) is 51.1 Å². The number of nitrogen functional groups attached to an aromatic ring is 1. The third-order valence-electron chi connectivity index (χ3n) is 7.20. The van der Waals surface area contributed by atoms with E-state index in [0.29, 0.717) is 40.1 Å². The topological polar surface area (TPSA) is 128 Å². The van der Waals surface area contributed by atoms with Crippen LogP contribution in [-0.2, 0) is 15.7 Å². The highest BCUT2D eigenvalue weighted by atomic mass is 19.4. The van der Waals surface area contributed by atoms with Crippen molar-refractivity contribution in [1.82, 2.24) is 14.9 Å². The number of ether oxygens (including phenoxy) is 1. The molecule has 0 unspecified atom stereocenters. The maximum atomic E-state index is 13.5. The number of carbonyl (C=O) groups excluding carboxylic acids is 3. The smallest absolute Gasteiger partial charge is 0.417 e. The van der Waals surface area contributed by atoms with Gasteiger partial charge in [0.2, 0.25) is 5.95 Å². The average Bonchev–Trinajstić information content (AvgIpc) is 2.99. The van der Waals surface area contributed by atoms with Crippen molar-refractivity contribution in [1.29, 1.82) is 0 Å². The molecule has 0 atom stereocenters. The van der Waals surface area contributed by atoms with Gasteiger partial charge in [-0.2, -0.15) is 13.2 Å². The average molecular weight is 660 g/mol. The Hall–Kier alpha value is -5.44. The number of carbonyl (C=O) groups is 3. The summed E-state index contributed by atoms with van der Waals surface area (Å²) in [6, 6.07) is 10.6. The predicted octanol–water partition coefficient (Wildman–Crippen LogP) is 7.25. The van der Waals surface area contributed by atoms with Crippen LogP contribution in [-0.4, -0.2) is 44.9 Å². The fourth-order valence-electron chi connectivity index (χ4n) is 4.72. The summed E-state index contributed by atoms with van der Waals surface area (Å²) in [6.45, 7) is 11.1. The maximum absolute atomic E-state index is 13.5. The van der Waals surface area contributed by atoms with Crippen LogP contribution in [0.5, 0.6) is 0 Å². The number of aromatic nitrogens is 2. The number of allylic oxidation sites excluding steroid dienone is 1. The van der Waals surface area contributed by atoms with E-state index in [-0.39, 0.29) is 24.0 Å². The monoisotopic (exact) mass is 659 g/mol. The number of imide groups is 1. The first-order valence-corrected chi connectivity index (χ1v) is 15.1. The molecule has 4 rings (SSSR count). The molecule has 12 heteroatoms. The van der Waals surface area contributed by atoms with Crippen LogP contribution < -0.4 is 11.1 Å². The molecular formula is C36H36F3N5O4. The van der Waals surface area contributed by atoms with Gasteiger partial charge in [-0.3, -0.25) is 9.59 Å². The highest BCUT2D eigenvalue weighted by Crippen LogP contribution is 2.31. The van der Waals surface area contributed by atoms with Gasteiger partial charge >= 0.3 is 12.3 Å².